The normalized spacial score (nSPS) is 12.7. The van der Waals surface area contributed by atoms with Gasteiger partial charge in [-0.05, 0) is 97.7 Å². The monoisotopic (exact) mass is 654 g/mol. The number of carboxylic acids is 1. The zero-order valence-corrected chi connectivity index (χ0v) is 27.1. The summed E-state index contributed by atoms with van der Waals surface area (Å²) in [5, 5.41) is 32.1. The van der Waals surface area contributed by atoms with Gasteiger partial charge in [-0.1, -0.05) is 38.1 Å². The number of rotatable bonds is 18. The number of ether oxygens (including phenoxy) is 1. The molecule has 3 rings (SSSR count). The zero-order chi connectivity index (χ0) is 33.9. The molecule has 11 nitrogen and oxygen atoms in total. The van der Waals surface area contributed by atoms with E-state index in [1.165, 1.54) is 19.1 Å². The molecule has 3 aromatic carbocycles. The number of nitrogens with one attached hydrogen (secondary N) is 2. The van der Waals surface area contributed by atoms with E-state index in [0.717, 1.165) is 23.1 Å². The molecule has 0 aliphatic rings. The lowest BCUT2D eigenvalue weighted by molar-refractivity contribution is -0.139. The predicted octanol–water partition coefficient (Wildman–Crippen LogP) is 4.34. The summed E-state index contributed by atoms with van der Waals surface area (Å²) < 4.78 is 33.3. The van der Waals surface area contributed by atoms with Gasteiger partial charge in [-0.25, -0.2) is 17.9 Å². The van der Waals surface area contributed by atoms with Crippen LogP contribution in [-0.2, 0) is 43.7 Å². The maximum atomic E-state index is 12.9. The van der Waals surface area contributed by atoms with Gasteiger partial charge in [0.1, 0.15) is 17.6 Å². The van der Waals surface area contributed by atoms with Crippen LogP contribution in [-0.4, -0.2) is 60.7 Å². The fourth-order valence-electron chi connectivity index (χ4n) is 5.00. The van der Waals surface area contributed by atoms with Crippen molar-refractivity contribution >= 4 is 33.4 Å². The molecule has 46 heavy (non-hydrogen) atoms. The number of aromatic hydroxyl groups is 1. The number of hydrogen-bond donors (Lipinski definition) is 5. The number of carbonyl (C=O) groups excluding carboxylic acids is 2. The van der Waals surface area contributed by atoms with Crippen molar-refractivity contribution in [2.24, 2.45) is 0 Å². The van der Waals surface area contributed by atoms with Crippen LogP contribution in [0.1, 0.15) is 68.2 Å². The summed E-state index contributed by atoms with van der Waals surface area (Å²) >= 11 is 0. The molecule has 0 aromatic heterocycles. The summed E-state index contributed by atoms with van der Waals surface area (Å²) in [7, 11) is -3.71. The number of phenols is 1. The number of carboxylic acid groups (broad SMARTS) is 1. The third-order valence-corrected chi connectivity index (χ3v) is 9.10. The second-order valence-electron chi connectivity index (χ2n) is 11.1. The van der Waals surface area contributed by atoms with E-state index >= 15 is 0 Å². The number of benzene rings is 3. The third kappa shape index (κ3) is 10.7. The molecule has 0 aliphatic heterocycles. The van der Waals surface area contributed by atoms with Crippen LogP contribution < -0.4 is 14.8 Å². The highest BCUT2D eigenvalue weighted by molar-refractivity contribution is 7.89. The van der Waals surface area contributed by atoms with Gasteiger partial charge in [-0.15, -0.1) is 0 Å². The Labute approximate surface area is 269 Å². The fraction of sp³-hybridized carbons (Fsp3) is 0.382. The van der Waals surface area contributed by atoms with E-state index in [4.69, 9.17) is 9.84 Å². The standard InChI is InChI=1S/C34H42N2O9S/c1-4-24-9-13-28(14-10-24)46(43,44)35-18-17-25-11-16-31(45-21-33(40)41)30(19-25)36-32(39)8-6-5-7-26-20-27(38)12-15-29(26)22(2)34(42)23(3)37/h9-16,19-20,22,34-35,38,42H,4-8,17-18,21H2,1-3H3,(H,36,39)(H,40,41). The number of hydrogen-bond acceptors (Lipinski definition) is 8. The molecule has 0 heterocycles. The number of aliphatic carboxylic acids is 1. The summed E-state index contributed by atoms with van der Waals surface area (Å²) in [6.45, 7) is 4.54. The van der Waals surface area contributed by atoms with Gasteiger partial charge in [0.2, 0.25) is 15.9 Å². The van der Waals surface area contributed by atoms with Crippen LogP contribution in [0.5, 0.6) is 11.5 Å². The minimum Gasteiger partial charge on any atom is -0.508 e. The van der Waals surface area contributed by atoms with Crippen molar-refractivity contribution in [3.8, 4) is 11.5 Å². The van der Waals surface area contributed by atoms with Crippen LogP contribution in [0.25, 0.3) is 0 Å². The highest BCUT2D eigenvalue weighted by Crippen LogP contribution is 2.29. The summed E-state index contributed by atoms with van der Waals surface area (Å²) in [6.07, 6.45) is 1.64. The molecule has 248 valence electrons. The minimum atomic E-state index is -3.71. The molecule has 0 radical (unpaired) electrons. The Morgan fingerprint density at radius 2 is 1.63 bits per heavy atom. The van der Waals surface area contributed by atoms with Gasteiger partial charge in [0.15, 0.2) is 12.4 Å². The number of aliphatic hydroxyl groups is 1. The van der Waals surface area contributed by atoms with E-state index in [1.807, 2.05) is 6.92 Å². The largest absolute Gasteiger partial charge is 0.508 e. The van der Waals surface area contributed by atoms with Gasteiger partial charge in [0.05, 0.1) is 10.6 Å². The Kier molecular flexibility index (Phi) is 13.3. The average Bonchev–Trinajstić information content (AvgIpc) is 3.02. The van der Waals surface area contributed by atoms with Crippen LogP contribution in [0.3, 0.4) is 0 Å². The van der Waals surface area contributed by atoms with E-state index in [-0.39, 0.29) is 46.7 Å². The first-order valence-corrected chi connectivity index (χ1v) is 16.6. The molecule has 0 fully saturated rings. The van der Waals surface area contributed by atoms with Gasteiger partial charge in [-0.3, -0.25) is 9.59 Å². The highest BCUT2D eigenvalue weighted by atomic mass is 32.2. The van der Waals surface area contributed by atoms with Crippen molar-refractivity contribution in [2.45, 2.75) is 76.2 Å². The number of aliphatic hydroxyl groups excluding tert-OH is 1. The smallest absolute Gasteiger partial charge is 0.341 e. The van der Waals surface area contributed by atoms with E-state index in [9.17, 15) is 33.0 Å². The first-order valence-electron chi connectivity index (χ1n) is 15.2. The fourth-order valence-corrected chi connectivity index (χ4v) is 6.03. The van der Waals surface area contributed by atoms with E-state index < -0.39 is 34.6 Å². The van der Waals surface area contributed by atoms with Gasteiger partial charge >= 0.3 is 5.97 Å². The molecule has 0 saturated carbocycles. The molecular weight excluding hydrogens is 612 g/mol. The second-order valence-corrected chi connectivity index (χ2v) is 12.9. The van der Waals surface area contributed by atoms with Crippen LogP contribution in [0.15, 0.2) is 65.6 Å². The van der Waals surface area contributed by atoms with Crippen molar-refractivity contribution in [3.05, 3.63) is 82.9 Å². The maximum absolute atomic E-state index is 12.9. The first-order chi connectivity index (χ1) is 21.8. The number of carbonyl (C=O) groups is 3. The summed E-state index contributed by atoms with van der Waals surface area (Å²) in [4.78, 5) is 35.8. The molecule has 5 N–H and O–H groups in total. The van der Waals surface area contributed by atoms with Crippen molar-refractivity contribution in [1.29, 1.82) is 0 Å². The quantitative estimate of drug-likeness (QED) is 0.125. The molecule has 0 bridgehead atoms. The Hall–Kier alpha value is -4.26. The number of phenolic OH excluding ortho intramolecular Hbond substituents is 1. The van der Waals surface area contributed by atoms with Crippen LogP contribution >= 0.6 is 0 Å². The molecule has 3 aromatic rings. The predicted molar refractivity (Wildman–Crippen MR) is 174 cm³/mol. The SMILES string of the molecule is CCc1ccc(S(=O)(=O)NCCc2ccc(OCC(=O)O)c(NC(=O)CCCCc3cc(O)ccc3C(C)C(O)C(C)=O)c2)cc1. The lowest BCUT2D eigenvalue weighted by Crippen LogP contribution is -2.26. The van der Waals surface area contributed by atoms with E-state index in [0.29, 0.717) is 31.2 Å². The molecule has 12 heteroatoms. The molecular formula is C34H42N2O9S. The van der Waals surface area contributed by atoms with Crippen molar-refractivity contribution < 1.29 is 42.9 Å². The Morgan fingerprint density at radius 3 is 2.28 bits per heavy atom. The minimum absolute atomic E-state index is 0.0632. The van der Waals surface area contributed by atoms with Gasteiger partial charge in [-0.2, -0.15) is 0 Å². The number of ketones is 1. The van der Waals surface area contributed by atoms with Gasteiger partial charge in [0.25, 0.3) is 0 Å². The molecule has 2 atom stereocenters. The summed E-state index contributed by atoms with van der Waals surface area (Å²) in [5.41, 5.74) is 3.52. The molecule has 0 saturated heterocycles. The maximum Gasteiger partial charge on any atom is 0.341 e. The summed E-state index contributed by atoms with van der Waals surface area (Å²) in [6, 6.07) is 16.3. The van der Waals surface area contributed by atoms with E-state index in [1.54, 1.807) is 55.5 Å². The number of unbranched alkanes of at least 4 members (excludes halogenated alkanes) is 1. The number of amides is 1. The summed E-state index contributed by atoms with van der Waals surface area (Å²) in [5.74, 6) is -2.09. The van der Waals surface area contributed by atoms with Crippen LogP contribution in [0, 0.1) is 0 Å². The van der Waals surface area contributed by atoms with Gasteiger partial charge in [0, 0.05) is 18.9 Å². The third-order valence-electron chi connectivity index (χ3n) is 7.62. The number of anilines is 1. The van der Waals surface area contributed by atoms with Crippen molar-refractivity contribution in [1.82, 2.24) is 4.72 Å². The van der Waals surface area contributed by atoms with Crippen molar-refractivity contribution in [2.75, 3.05) is 18.5 Å². The Bertz CT molecular complexity index is 1620. The zero-order valence-electron chi connectivity index (χ0n) is 26.3. The average molecular weight is 655 g/mol. The first kappa shape index (κ1) is 36.2. The molecule has 2 unspecified atom stereocenters. The van der Waals surface area contributed by atoms with Crippen LogP contribution in [0.2, 0.25) is 0 Å². The molecule has 0 aliphatic carbocycles. The van der Waals surface area contributed by atoms with Crippen LogP contribution in [0.4, 0.5) is 5.69 Å². The molecule has 1 amide bonds. The lowest BCUT2D eigenvalue weighted by Gasteiger charge is -2.20. The number of Topliss-reactive ketones (excluding diaryl/α,β-unsaturated/α-hetero) is 1. The number of sulfonamides is 1. The Balaban J connectivity index is 1.61. The topological polar surface area (TPSA) is 179 Å². The Morgan fingerprint density at radius 1 is 0.935 bits per heavy atom. The second kappa shape index (κ2) is 16.9. The lowest BCUT2D eigenvalue weighted by atomic mass is 9.87. The van der Waals surface area contributed by atoms with Gasteiger partial charge < -0.3 is 25.4 Å². The highest BCUT2D eigenvalue weighted by Gasteiger charge is 2.23. The van der Waals surface area contributed by atoms with E-state index in [2.05, 4.69) is 10.0 Å². The molecule has 0 spiro atoms. The van der Waals surface area contributed by atoms with Crippen molar-refractivity contribution in [3.63, 3.8) is 0 Å². The number of aryl methyl sites for hydroxylation is 2.